The molecule has 3 aromatic heterocycles. The van der Waals surface area contributed by atoms with Gasteiger partial charge in [0.1, 0.15) is 22.7 Å². The van der Waals surface area contributed by atoms with Crippen LogP contribution in [0, 0.1) is 5.82 Å². The number of hydrogen-bond donors (Lipinski definition) is 3. The number of carbonyl (C=O) groups excluding carboxylic acids is 1. The Kier molecular flexibility index (Phi) is 4.84. The maximum absolute atomic E-state index is 14.7. The molecule has 4 rings (SSSR count). The number of nitrogen functional groups attached to an aromatic ring is 2. The maximum atomic E-state index is 14.7. The fourth-order valence-corrected chi connectivity index (χ4v) is 3.02. The summed E-state index contributed by atoms with van der Waals surface area (Å²) in [6.07, 6.45) is 2.56. The number of methoxy groups -OCH3 is 1. The minimum atomic E-state index is -0.766. The molecule has 30 heavy (non-hydrogen) atoms. The molecule has 1 amide bonds. The van der Waals surface area contributed by atoms with Gasteiger partial charge in [0.05, 0.1) is 13.7 Å². The predicted molar refractivity (Wildman–Crippen MR) is 109 cm³/mol. The predicted octanol–water partition coefficient (Wildman–Crippen LogP) is 2.42. The Morgan fingerprint density at radius 2 is 1.97 bits per heavy atom. The molecule has 0 radical (unpaired) electrons. The lowest BCUT2D eigenvalue weighted by Gasteiger charge is -2.10. The average Bonchev–Trinajstić information content (AvgIpc) is 3.10. The van der Waals surface area contributed by atoms with Crippen LogP contribution >= 0.6 is 0 Å². The van der Waals surface area contributed by atoms with Gasteiger partial charge in [0.2, 0.25) is 0 Å². The van der Waals surface area contributed by atoms with E-state index in [1.54, 1.807) is 30.6 Å². The number of benzene rings is 1. The molecule has 0 bridgehead atoms. The van der Waals surface area contributed by atoms with Gasteiger partial charge in [-0.2, -0.15) is 5.10 Å². The molecule has 0 atom stereocenters. The van der Waals surface area contributed by atoms with Crippen LogP contribution in [0.4, 0.5) is 26.5 Å². The highest BCUT2D eigenvalue weighted by Crippen LogP contribution is 2.31. The number of amides is 1. The molecule has 0 fully saturated rings. The highest BCUT2D eigenvalue weighted by atomic mass is 19.1. The lowest BCUT2D eigenvalue weighted by atomic mass is 10.2. The third-order valence-corrected chi connectivity index (χ3v) is 4.37. The van der Waals surface area contributed by atoms with Crippen LogP contribution < -0.4 is 16.8 Å². The molecule has 4 aromatic rings. The third kappa shape index (κ3) is 3.43. The molecule has 0 spiro atoms. The molecule has 0 aliphatic rings. The summed E-state index contributed by atoms with van der Waals surface area (Å²) in [5.74, 6) is -0.496. The third-order valence-electron chi connectivity index (χ3n) is 4.37. The number of anilines is 3. The van der Waals surface area contributed by atoms with Gasteiger partial charge in [0, 0.05) is 17.8 Å². The quantitative estimate of drug-likeness (QED) is 0.466. The number of fused-ring (bicyclic) bond motifs is 1. The normalized spacial score (nSPS) is 10.9. The van der Waals surface area contributed by atoms with Gasteiger partial charge in [-0.3, -0.25) is 15.0 Å². The van der Waals surface area contributed by atoms with Crippen LogP contribution in [-0.4, -0.2) is 37.9 Å². The number of halogens is 1. The number of pyridine rings is 1. The summed E-state index contributed by atoms with van der Waals surface area (Å²) in [6, 6.07) is 8.27. The van der Waals surface area contributed by atoms with E-state index in [-0.39, 0.29) is 35.2 Å². The number of nitrogens with two attached hydrogens (primary N) is 2. The van der Waals surface area contributed by atoms with Gasteiger partial charge in [-0.15, -0.1) is 0 Å². The fourth-order valence-electron chi connectivity index (χ4n) is 3.02. The van der Waals surface area contributed by atoms with Crippen LogP contribution in [0.5, 0.6) is 0 Å². The van der Waals surface area contributed by atoms with Crippen molar-refractivity contribution in [3.05, 3.63) is 54.1 Å². The van der Waals surface area contributed by atoms with E-state index < -0.39 is 11.9 Å². The molecule has 10 nitrogen and oxygen atoms in total. The molecule has 1 aromatic carbocycles. The van der Waals surface area contributed by atoms with Crippen molar-refractivity contribution in [2.45, 2.75) is 6.54 Å². The summed E-state index contributed by atoms with van der Waals surface area (Å²) in [5.41, 5.74) is 13.4. The number of nitrogens with one attached hydrogen (secondary N) is 1. The van der Waals surface area contributed by atoms with E-state index in [1.165, 1.54) is 17.9 Å². The van der Waals surface area contributed by atoms with Crippen molar-refractivity contribution >= 4 is 34.3 Å². The number of para-hydroxylation sites is 1. The number of hydrogen-bond acceptors (Lipinski definition) is 8. The van der Waals surface area contributed by atoms with E-state index in [9.17, 15) is 9.18 Å². The lowest BCUT2D eigenvalue weighted by molar-refractivity contribution is 0.187. The molecule has 0 aliphatic carbocycles. The van der Waals surface area contributed by atoms with Crippen molar-refractivity contribution in [2.24, 2.45) is 0 Å². The van der Waals surface area contributed by atoms with Crippen molar-refractivity contribution < 1.29 is 13.9 Å². The molecular weight excluding hydrogens is 391 g/mol. The first-order chi connectivity index (χ1) is 14.5. The zero-order valence-corrected chi connectivity index (χ0v) is 15.8. The second-order valence-corrected chi connectivity index (χ2v) is 6.31. The van der Waals surface area contributed by atoms with Crippen LogP contribution in [-0.2, 0) is 11.3 Å². The molecule has 0 aliphatic heterocycles. The number of carbonyl (C=O) groups is 1. The Morgan fingerprint density at radius 1 is 1.20 bits per heavy atom. The van der Waals surface area contributed by atoms with Gasteiger partial charge in [-0.05, 0) is 17.7 Å². The highest BCUT2D eigenvalue weighted by Gasteiger charge is 2.21. The minimum Gasteiger partial charge on any atom is -0.453 e. The SMILES string of the molecule is COC(=O)Nc1c(N)nc(-c2nn(Cc3cccnc3)c3c(F)cccc23)nc1N. The minimum absolute atomic E-state index is 0.0240. The summed E-state index contributed by atoms with van der Waals surface area (Å²) in [4.78, 5) is 23.9. The zero-order chi connectivity index (χ0) is 21.3. The van der Waals surface area contributed by atoms with E-state index in [4.69, 9.17) is 11.5 Å². The van der Waals surface area contributed by atoms with Crippen LogP contribution in [0.15, 0.2) is 42.7 Å². The molecular formula is C19H17FN8O2. The number of aromatic nitrogens is 5. The topological polar surface area (TPSA) is 147 Å². The van der Waals surface area contributed by atoms with Crippen LogP contribution in [0.1, 0.15) is 5.56 Å². The van der Waals surface area contributed by atoms with Gasteiger partial charge >= 0.3 is 6.09 Å². The first kappa shape index (κ1) is 19.1. The maximum Gasteiger partial charge on any atom is 0.411 e. The Morgan fingerprint density at radius 3 is 2.63 bits per heavy atom. The average molecular weight is 408 g/mol. The van der Waals surface area contributed by atoms with Crippen LogP contribution in [0.2, 0.25) is 0 Å². The smallest absolute Gasteiger partial charge is 0.411 e. The first-order valence-corrected chi connectivity index (χ1v) is 8.80. The molecule has 152 valence electrons. The fraction of sp³-hybridized carbons (Fsp3) is 0.105. The van der Waals surface area contributed by atoms with Crippen LogP contribution in [0.3, 0.4) is 0 Å². The van der Waals surface area contributed by atoms with E-state index in [1.807, 2.05) is 6.07 Å². The number of nitrogens with zero attached hydrogens (tertiary/aromatic N) is 5. The Balaban J connectivity index is 1.84. The second-order valence-electron chi connectivity index (χ2n) is 6.31. The van der Waals surface area contributed by atoms with E-state index in [0.29, 0.717) is 11.1 Å². The largest absolute Gasteiger partial charge is 0.453 e. The highest BCUT2D eigenvalue weighted by molar-refractivity contribution is 5.95. The Labute approximate surface area is 169 Å². The Hall–Kier alpha value is -4.28. The lowest BCUT2D eigenvalue weighted by Crippen LogP contribution is -2.16. The first-order valence-electron chi connectivity index (χ1n) is 8.80. The molecule has 0 saturated heterocycles. The molecule has 5 N–H and O–H groups in total. The number of ether oxygens (including phenoxy) is 1. The molecule has 0 unspecified atom stereocenters. The molecule has 11 heteroatoms. The summed E-state index contributed by atoms with van der Waals surface area (Å²) >= 11 is 0. The number of rotatable bonds is 4. The summed E-state index contributed by atoms with van der Waals surface area (Å²) in [7, 11) is 1.20. The summed E-state index contributed by atoms with van der Waals surface area (Å²) < 4.78 is 20.7. The van der Waals surface area contributed by atoms with Crippen molar-refractivity contribution in [3.8, 4) is 11.5 Å². The van der Waals surface area contributed by atoms with E-state index in [2.05, 4.69) is 30.1 Å². The van der Waals surface area contributed by atoms with Crippen molar-refractivity contribution in [3.63, 3.8) is 0 Å². The summed E-state index contributed by atoms with van der Waals surface area (Å²) in [6.45, 7) is 0.290. The van der Waals surface area contributed by atoms with Crippen molar-refractivity contribution in [2.75, 3.05) is 23.9 Å². The standard InChI is InChI=1S/C19H17FN8O2/c1-30-19(29)24-14-16(21)25-18(26-17(14)22)13-11-5-2-6-12(20)15(11)28(27-13)9-10-4-3-7-23-8-10/h2-8H,9H2,1H3,(H,24,29)(H4,21,22,25,26). The van der Waals surface area contributed by atoms with Gasteiger partial charge in [0.15, 0.2) is 17.5 Å². The molecule has 0 saturated carbocycles. The van der Waals surface area contributed by atoms with Crippen molar-refractivity contribution in [1.29, 1.82) is 0 Å². The van der Waals surface area contributed by atoms with Gasteiger partial charge in [-0.25, -0.2) is 19.2 Å². The zero-order valence-electron chi connectivity index (χ0n) is 15.8. The van der Waals surface area contributed by atoms with Gasteiger partial charge in [0.25, 0.3) is 0 Å². The van der Waals surface area contributed by atoms with Crippen molar-refractivity contribution in [1.82, 2.24) is 24.7 Å². The molecule has 3 heterocycles. The van der Waals surface area contributed by atoms with E-state index in [0.717, 1.165) is 5.56 Å². The van der Waals surface area contributed by atoms with Gasteiger partial charge in [-0.1, -0.05) is 18.2 Å². The summed E-state index contributed by atoms with van der Waals surface area (Å²) in [5, 5.41) is 7.36. The van der Waals surface area contributed by atoms with Gasteiger partial charge < -0.3 is 16.2 Å². The monoisotopic (exact) mass is 408 g/mol. The second kappa shape index (κ2) is 7.62. The van der Waals surface area contributed by atoms with Crippen LogP contribution in [0.25, 0.3) is 22.4 Å². The van der Waals surface area contributed by atoms with E-state index >= 15 is 0 Å². The Bertz CT molecular complexity index is 1220.